The van der Waals surface area contributed by atoms with E-state index in [-0.39, 0.29) is 11.7 Å². The fraction of sp³-hybridized carbons (Fsp3) is 0.556. The number of hydrogen-bond acceptors (Lipinski definition) is 2. The zero-order valence-electron chi connectivity index (χ0n) is 7.17. The predicted octanol–water partition coefficient (Wildman–Crippen LogP) is 0.656. The van der Waals surface area contributed by atoms with Gasteiger partial charge in [-0.2, -0.15) is 0 Å². The molecule has 0 aromatic heterocycles. The number of Topliss-reactive ketones (excluding diaryl/α,β-unsaturated/α-hetero) is 1. The first-order valence-electron chi connectivity index (χ1n) is 4.00. The van der Waals surface area contributed by atoms with Gasteiger partial charge in [-0.25, -0.2) is 0 Å². The second kappa shape index (κ2) is 3.09. The van der Waals surface area contributed by atoms with Gasteiger partial charge in [0.15, 0.2) is 5.78 Å². The van der Waals surface area contributed by atoms with Crippen molar-refractivity contribution in [2.45, 2.75) is 25.3 Å². The third kappa shape index (κ3) is 1.26. The first-order valence-corrected chi connectivity index (χ1v) is 4.00. The Kier molecular flexibility index (Phi) is 2.31. The monoisotopic (exact) mass is 167 g/mol. The third-order valence-electron chi connectivity index (χ3n) is 2.50. The van der Waals surface area contributed by atoms with E-state index in [2.05, 4.69) is 11.9 Å². The van der Waals surface area contributed by atoms with Gasteiger partial charge < -0.3 is 5.32 Å². The van der Waals surface area contributed by atoms with Crippen LogP contribution >= 0.6 is 0 Å². The normalized spacial score (nSPS) is 32.2. The average Bonchev–Trinajstić information content (AvgIpc) is 2.66. The number of ketones is 1. The van der Waals surface area contributed by atoms with E-state index in [0.29, 0.717) is 6.41 Å². The summed E-state index contributed by atoms with van der Waals surface area (Å²) >= 11 is 0. The topological polar surface area (TPSA) is 46.2 Å². The van der Waals surface area contributed by atoms with Gasteiger partial charge >= 0.3 is 0 Å². The molecule has 1 N–H and O–H groups in total. The van der Waals surface area contributed by atoms with Crippen LogP contribution in [0.15, 0.2) is 12.7 Å². The van der Waals surface area contributed by atoms with E-state index in [1.54, 1.807) is 6.08 Å². The smallest absolute Gasteiger partial charge is 0.207 e. The zero-order chi connectivity index (χ0) is 9.19. The Bertz CT molecular complexity index is 225. The quantitative estimate of drug-likeness (QED) is 0.483. The molecule has 0 radical (unpaired) electrons. The molecule has 0 saturated heterocycles. The predicted molar refractivity (Wildman–Crippen MR) is 45.5 cm³/mol. The third-order valence-corrected chi connectivity index (χ3v) is 2.50. The van der Waals surface area contributed by atoms with Crippen LogP contribution in [0.2, 0.25) is 0 Å². The molecule has 1 aliphatic carbocycles. The molecule has 1 fully saturated rings. The van der Waals surface area contributed by atoms with Gasteiger partial charge in [-0.1, -0.05) is 6.08 Å². The van der Waals surface area contributed by atoms with Gasteiger partial charge in [0.25, 0.3) is 0 Å². The molecule has 1 aliphatic rings. The summed E-state index contributed by atoms with van der Waals surface area (Å²) in [5.41, 5.74) is -0.560. The Morgan fingerprint density at radius 2 is 2.50 bits per heavy atom. The maximum atomic E-state index is 11.1. The number of carbonyl (C=O) groups is 2. The van der Waals surface area contributed by atoms with Gasteiger partial charge in [-0.05, 0) is 25.7 Å². The van der Waals surface area contributed by atoms with E-state index in [1.165, 1.54) is 6.92 Å². The summed E-state index contributed by atoms with van der Waals surface area (Å²) in [5.74, 6) is 0.305. The number of carbonyl (C=O) groups excluding carboxylic acids is 2. The number of nitrogens with one attached hydrogen (secondary N) is 1. The lowest BCUT2D eigenvalue weighted by molar-refractivity contribution is -0.123. The fourth-order valence-corrected chi connectivity index (χ4v) is 1.63. The van der Waals surface area contributed by atoms with E-state index in [9.17, 15) is 9.59 Å². The van der Waals surface area contributed by atoms with Gasteiger partial charge in [-0.15, -0.1) is 6.58 Å². The highest BCUT2D eigenvalue weighted by Gasteiger charge is 2.56. The minimum absolute atomic E-state index is 0.0430. The van der Waals surface area contributed by atoms with Crippen molar-refractivity contribution in [3.05, 3.63) is 12.7 Å². The van der Waals surface area contributed by atoms with Gasteiger partial charge in [-0.3, -0.25) is 9.59 Å². The average molecular weight is 167 g/mol. The number of hydrogen-bond donors (Lipinski definition) is 1. The molecule has 0 heterocycles. The first kappa shape index (κ1) is 8.97. The van der Waals surface area contributed by atoms with Crippen LogP contribution in [-0.2, 0) is 9.59 Å². The van der Waals surface area contributed by atoms with E-state index in [1.807, 2.05) is 0 Å². The van der Waals surface area contributed by atoms with Crippen LogP contribution in [0.5, 0.6) is 0 Å². The van der Waals surface area contributed by atoms with Crippen molar-refractivity contribution in [2.24, 2.45) is 5.92 Å². The fourth-order valence-electron chi connectivity index (χ4n) is 1.63. The number of allylic oxidation sites excluding steroid dienone is 1. The lowest BCUT2D eigenvalue weighted by Crippen LogP contribution is -2.39. The van der Waals surface area contributed by atoms with Crippen LogP contribution in [0.25, 0.3) is 0 Å². The summed E-state index contributed by atoms with van der Waals surface area (Å²) in [6.45, 7) is 5.11. The molecule has 66 valence electrons. The summed E-state index contributed by atoms with van der Waals surface area (Å²) < 4.78 is 0. The molecule has 0 aromatic rings. The second-order valence-corrected chi connectivity index (χ2v) is 3.22. The summed E-state index contributed by atoms with van der Waals surface area (Å²) in [7, 11) is 0. The largest absolute Gasteiger partial charge is 0.346 e. The summed E-state index contributed by atoms with van der Waals surface area (Å²) in [6, 6.07) is 0. The highest BCUT2D eigenvalue weighted by atomic mass is 16.1. The van der Waals surface area contributed by atoms with Crippen molar-refractivity contribution >= 4 is 12.2 Å². The van der Waals surface area contributed by atoms with E-state index >= 15 is 0 Å². The molecule has 1 saturated carbocycles. The molecule has 2 atom stereocenters. The van der Waals surface area contributed by atoms with Crippen molar-refractivity contribution in [1.29, 1.82) is 0 Å². The van der Waals surface area contributed by atoms with Crippen molar-refractivity contribution in [2.75, 3.05) is 0 Å². The number of amides is 1. The molecule has 0 bridgehead atoms. The Labute approximate surface area is 71.8 Å². The van der Waals surface area contributed by atoms with Crippen molar-refractivity contribution < 1.29 is 9.59 Å². The second-order valence-electron chi connectivity index (χ2n) is 3.22. The first-order chi connectivity index (χ1) is 5.67. The molecule has 2 unspecified atom stereocenters. The Morgan fingerprint density at radius 1 is 1.83 bits per heavy atom. The van der Waals surface area contributed by atoms with Gasteiger partial charge in [0.2, 0.25) is 6.41 Å². The van der Waals surface area contributed by atoms with Crippen LogP contribution in [0.1, 0.15) is 19.8 Å². The van der Waals surface area contributed by atoms with Crippen molar-refractivity contribution in [3.8, 4) is 0 Å². The van der Waals surface area contributed by atoms with Crippen LogP contribution in [0, 0.1) is 5.92 Å². The maximum absolute atomic E-state index is 11.1. The Hall–Kier alpha value is -1.12. The standard InChI is InChI=1S/C9H13NO2/c1-3-4-8-5-9(8,7(2)12)10-6-11/h3,6,8H,1,4-5H2,2H3,(H,10,11). The summed E-state index contributed by atoms with van der Waals surface area (Å²) in [5, 5.41) is 2.59. The molecule has 0 spiro atoms. The van der Waals surface area contributed by atoms with Crippen molar-refractivity contribution in [1.82, 2.24) is 5.32 Å². The molecule has 0 aliphatic heterocycles. The van der Waals surface area contributed by atoms with E-state index < -0.39 is 5.54 Å². The zero-order valence-corrected chi connectivity index (χ0v) is 7.17. The lowest BCUT2D eigenvalue weighted by Gasteiger charge is -2.11. The molecule has 3 nitrogen and oxygen atoms in total. The molecule has 3 heteroatoms. The molecular weight excluding hydrogens is 154 g/mol. The SMILES string of the molecule is C=CCC1CC1(NC=O)C(C)=O. The lowest BCUT2D eigenvalue weighted by atomic mass is 10.1. The van der Waals surface area contributed by atoms with Gasteiger partial charge in [0.1, 0.15) is 5.54 Å². The number of rotatable bonds is 5. The molecule has 0 aromatic carbocycles. The molecule has 1 amide bonds. The van der Waals surface area contributed by atoms with E-state index in [4.69, 9.17) is 0 Å². The minimum atomic E-state index is -0.560. The Morgan fingerprint density at radius 3 is 2.92 bits per heavy atom. The summed E-state index contributed by atoms with van der Waals surface area (Å²) in [4.78, 5) is 21.4. The maximum Gasteiger partial charge on any atom is 0.207 e. The van der Waals surface area contributed by atoms with Crippen LogP contribution in [-0.4, -0.2) is 17.7 Å². The minimum Gasteiger partial charge on any atom is -0.346 e. The molecule has 12 heavy (non-hydrogen) atoms. The van der Waals surface area contributed by atoms with Gasteiger partial charge in [0.05, 0.1) is 0 Å². The Balaban J connectivity index is 2.61. The molecular formula is C9H13NO2. The van der Waals surface area contributed by atoms with Crippen LogP contribution in [0.3, 0.4) is 0 Å². The van der Waals surface area contributed by atoms with E-state index in [0.717, 1.165) is 12.8 Å². The summed E-state index contributed by atoms with van der Waals surface area (Å²) in [6.07, 6.45) is 3.93. The van der Waals surface area contributed by atoms with Crippen LogP contribution < -0.4 is 5.32 Å². The van der Waals surface area contributed by atoms with Gasteiger partial charge in [0, 0.05) is 0 Å². The van der Waals surface area contributed by atoms with Crippen LogP contribution in [0.4, 0.5) is 0 Å². The highest BCUT2D eigenvalue weighted by molar-refractivity contribution is 5.91. The molecule has 1 rings (SSSR count). The van der Waals surface area contributed by atoms with Crippen molar-refractivity contribution in [3.63, 3.8) is 0 Å². The highest BCUT2D eigenvalue weighted by Crippen LogP contribution is 2.46.